The molecule has 3 amide bonds. The highest BCUT2D eigenvalue weighted by Gasteiger charge is 2.40. The van der Waals surface area contributed by atoms with Gasteiger partial charge in [-0.25, -0.2) is 19.0 Å². The van der Waals surface area contributed by atoms with Gasteiger partial charge in [0.05, 0.1) is 5.69 Å². The number of hydrogen-bond donors (Lipinski definition) is 2. The maximum atomic E-state index is 13.8. The molecule has 194 valence electrons. The molecule has 15 heteroatoms. The summed E-state index contributed by atoms with van der Waals surface area (Å²) in [5.74, 6) is -2.00. The van der Waals surface area contributed by atoms with E-state index in [1.807, 2.05) is 0 Å². The molecule has 1 atom stereocenters. The number of benzene rings is 1. The molecule has 2 heterocycles. The number of nitrogens with zero attached hydrogens (tertiary/aromatic N) is 3. The quantitative estimate of drug-likeness (QED) is 0.358. The number of amides is 3. The van der Waals surface area contributed by atoms with Crippen molar-refractivity contribution in [2.45, 2.75) is 32.8 Å². The number of pyridine rings is 1. The molecule has 1 aromatic heterocycles. The Hall–Kier alpha value is -1.75. The average Bonchev–Trinajstić information content (AvgIpc) is 3.08. The Labute approximate surface area is 234 Å². The summed E-state index contributed by atoms with van der Waals surface area (Å²) in [5, 5.41) is 19.1. The largest absolute Gasteiger partial charge is 0.464 e. The van der Waals surface area contributed by atoms with E-state index >= 15 is 0 Å². The van der Waals surface area contributed by atoms with Crippen LogP contribution in [-0.2, 0) is 17.6 Å². The van der Waals surface area contributed by atoms with Crippen molar-refractivity contribution in [2.75, 3.05) is 16.3 Å². The SMILES string of the molecule is O=C1CC(c2cccc(F)c2)CN1c1c(CC(Cl)(Cl)Cl)cnc(N(C(=O)O)C(=O)O)c1CC(Cl)(Cl)Cl. The highest BCUT2D eigenvalue weighted by molar-refractivity contribution is 6.68. The maximum Gasteiger partial charge on any atom is 0.422 e. The molecule has 2 aromatic rings. The molecule has 1 saturated heterocycles. The maximum absolute atomic E-state index is 13.8. The predicted octanol–water partition coefficient (Wildman–Crippen LogP) is 6.73. The van der Waals surface area contributed by atoms with Gasteiger partial charge in [-0.15, -0.1) is 0 Å². The van der Waals surface area contributed by atoms with Gasteiger partial charge in [-0.05, 0) is 23.3 Å². The fourth-order valence-electron chi connectivity index (χ4n) is 3.99. The van der Waals surface area contributed by atoms with Crippen molar-refractivity contribution < 1.29 is 29.0 Å². The molecule has 2 N–H and O–H groups in total. The second-order valence-corrected chi connectivity index (χ2v) is 12.9. The summed E-state index contributed by atoms with van der Waals surface area (Å²) in [7, 11) is 0. The minimum Gasteiger partial charge on any atom is -0.464 e. The van der Waals surface area contributed by atoms with Gasteiger partial charge >= 0.3 is 12.2 Å². The van der Waals surface area contributed by atoms with Gasteiger partial charge in [0.2, 0.25) is 5.91 Å². The first kappa shape index (κ1) is 28.8. The number of imide groups is 1. The third kappa shape index (κ3) is 6.96. The topological polar surface area (TPSA) is 111 Å². The molecule has 0 saturated carbocycles. The van der Waals surface area contributed by atoms with Crippen LogP contribution in [0.3, 0.4) is 0 Å². The first-order chi connectivity index (χ1) is 16.6. The van der Waals surface area contributed by atoms with Crippen LogP contribution < -0.4 is 9.80 Å². The number of carbonyl (C=O) groups excluding carboxylic acids is 1. The minimum atomic E-state index is -2.06. The highest BCUT2D eigenvalue weighted by Crippen LogP contribution is 2.44. The van der Waals surface area contributed by atoms with E-state index in [1.54, 1.807) is 6.07 Å². The van der Waals surface area contributed by atoms with Gasteiger partial charge in [0, 0.05) is 43.5 Å². The highest BCUT2D eigenvalue weighted by atomic mass is 35.6. The first-order valence-electron chi connectivity index (χ1n) is 10.0. The Morgan fingerprint density at radius 3 is 2.22 bits per heavy atom. The van der Waals surface area contributed by atoms with Crippen LogP contribution in [0.5, 0.6) is 0 Å². The Morgan fingerprint density at radius 1 is 1.08 bits per heavy atom. The summed E-state index contributed by atoms with van der Waals surface area (Å²) in [4.78, 5) is 41.9. The second kappa shape index (κ2) is 10.9. The standard InChI is InChI=1S/C21H16Cl6FN3O5/c22-20(23,24)6-12-8-29-17(31(18(33)34)19(35)36)14(7-21(25,26)27)16(12)30-9-11(5-15(30)32)10-2-1-3-13(28)4-10/h1-4,8,11H,5-7,9H2,(H,33,34)(H,35,36). The van der Waals surface area contributed by atoms with Crippen molar-refractivity contribution >= 4 is 99.2 Å². The molecule has 0 spiro atoms. The Bertz CT molecular complexity index is 1190. The Morgan fingerprint density at radius 2 is 1.69 bits per heavy atom. The van der Waals surface area contributed by atoms with Crippen LogP contribution in [0.15, 0.2) is 30.5 Å². The van der Waals surface area contributed by atoms with Gasteiger partial charge in [-0.3, -0.25) is 4.79 Å². The zero-order chi connectivity index (χ0) is 27.0. The van der Waals surface area contributed by atoms with Gasteiger partial charge < -0.3 is 15.1 Å². The zero-order valence-corrected chi connectivity index (χ0v) is 22.4. The van der Waals surface area contributed by atoms with E-state index in [9.17, 15) is 29.0 Å². The molecule has 1 aliphatic heterocycles. The van der Waals surface area contributed by atoms with Crippen LogP contribution in [0.4, 0.5) is 25.5 Å². The molecule has 36 heavy (non-hydrogen) atoms. The molecule has 0 radical (unpaired) electrons. The van der Waals surface area contributed by atoms with Crippen LogP contribution in [0, 0.1) is 5.82 Å². The van der Waals surface area contributed by atoms with Gasteiger partial charge in [0.1, 0.15) is 5.82 Å². The summed E-state index contributed by atoms with van der Waals surface area (Å²) in [6.07, 6.45) is -3.56. The van der Waals surface area contributed by atoms with Crippen molar-refractivity contribution in [3.8, 4) is 0 Å². The molecule has 1 aromatic carbocycles. The van der Waals surface area contributed by atoms with E-state index in [-0.39, 0.29) is 41.1 Å². The molecule has 1 unspecified atom stereocenters. The Kier molecular flexibility index (Phi) is 8.75. The van der Waals surface area contributed by atoms with Crippen LogP contribution in [0.1, 0.15) is 29.0 Å². The molecule has 1 aliphatic rings. The summed E-state index contributed by atoms with van der Waals surface area (Å²) >= 11 is 36.0. The molecular weight excluding hydrogens is 606 g/mol. The van der Waals surface area contributed by atoms with E-state index in [0.29, 0.717) is 5.56 Å². The van der Waals surface area contributed by atoms with Crippen molar-refractivity contribution in [3.63, 3.8) is 0 Å². The summed E-state index contributed by atoms with van der Waals surface area (Å²) in [6.45, 7) is 0.00555. The predicted molar refractivity (Wildman–Crippen MR) is 137 cm³/mol. The lowest BCUT2D eigenvalue weighted by Gasteiger charge is -2.29. The second-order valence-electron chi connectivity index (χ2n) is 7.88. The number of anilines is 2. The number of rotatable bonds is 5. The van der Waals surface area contributed by atoms with E-state index in [2.05, 4.69) is 4.98 Å². The third-order valence-corrected chi connectivity index (χ3v) is 6.08. The summed E-state index contributed by atoms with van der Waals surface area (Å²) in [6, 6.07) is 5.71. The minimum absolute atomic E-state index is 0.00551. The van der Waals surface area contributed by atoms with Crippen molar-refractivity contribution in [2.24, 2.45) is 0 Å². The lowest BCUT2D eigenvalue weighted by Crippen LogP contribution is -2.37. The monoisotopic (exact) mass is 619 g/mol. The zero-order valence-electron chi connectivity index (χ0n) is 17.9. The molecule has 3 rings (SSSR count). The van der Waals surface area contributed by atoms with Crippen LogP contribution in [0.25, 0.3) is 0 Å². The molecule has 0 bridgehead atoms. The normalized spacial score (nSPS) is 16.4. The first-order valence-corrected chi connectivity index (χ1v) is 12.3. The number of carboxylic acid groups (broad SMARTS) is 2. The molecular formula is C21H16Cl6FN3O5. The van der Waals surface area contributed by atoms with Crippen LogP contribution in [0.2, 0.25) is 0 Å². The van der Waals surface area contributed by atoms with Crippen molar-refractivity contribution in [1.82, 2.24) is 4.98 Å². The van der Waals surface area contributed by atoms with Crippen LogP contribution in [-0.4, -0.2) is 47.4 Å². The molecule has 0 aliphatic carbocycles. The molecule has 8 nitrogen and oxygen atoms in total. The van der Waals surface area contributed by atoms with Crippen LogP contribution >= 0.6 is 69.6 Å². The number of halogens is 7. The van der Waals surface area contributed by atoms with Crippen molar-refractivity contribution in [3.05, 3.63) is 53.0 Å². The lowest BCUT2D eigenvalue weighted by molar-refractivity contribution is -0.117. The fourth-order valence-corrected chi connectivity index (χ4v) is 4.82. The van der Waals surface area contributed by atoms with Gasteiger partial charge in [-0.2, -0.15) is 4.90 Å². The number of alkyl halides is 6. The fraction of sp³-hybridized carbons (Fsp3) is 0.333. The lowest BCUT2D eigenvalue weighted by atomic mass is 9.98. The van der Waals surface area contributed by atoms with E-state index in [0.717, 1.165) is 6.20 Å². The molecule has 1 fully saturated rings. The van der Waals surface area contributed by atoms with E-state index < -0.39 is 49.7 Å². The summed E-state index contributed by atoms with van der Waals surface area (Å²) in [5.41, 5.74) is 0.518. The third-order valence-electron chi connectivity index (χ3n) is 5.28. The smallest absolute Gasteiger partial charge is 0.422 e. The van der Waals surface area contributed by atoms with E-state index in [1.165, 1.54) is 23.1 Å². The van der Waals surface area contributed by atoms with Gasteiger partial charge in [-0.1, -0.05) is 81.7 Å². The van der Waals surface area contributed by atoms with Crippen molar-refractivity contribution in [1.29, 1.82) is 0 Å². The Balaban J connectivity index is 2.26. The number of aromatic nitrogens is 1. The summed E-state index contributed by atoms with van der Waals surface area (Å²) < 4.78 is 9.89. The van der Waals surface area contributed by atoms with E-state index in [4.69, 9.17) is 69.6 Å². The average molecular weight is 622 g/mol. The van der Waals surface area contributed by atoms with Gasteiger partial charge in [0.15, 0.2) is 13.4 Å². The van der Waals surface area contributed by atoms with Gasteiger partial charge in [0.25, 0.3) is 0 Å². The number of carbonyl (C=O) groups is 3. The number of hydrogen-bond acceptors (Lipinski definition) is 4.